The van der Waals surface area contributed by atoms with E-state index >= 15 is 0 Å². The molecule has 0 saturated carbocycles. The maximum atomic E-state index is 12.2. The molecule has 2 heterocycles. The second-order valence-corrected chi connectivity index (χ2v) is 6.58. The van der Waals surface area contributed by atoms with E-state index in [9.17, 15) is 14.9 Å². The highest BCUT2D eigenvalue weighted by Gasteiger charge is 2.31. The van der Waals surface area contributed by atoms with Crippen LogP contribution < -0.4 is 0 Å². The van der Waals surface area contributed by atoms with E-state index in [1.807, 2.05) is 6.92 Å². The van der Waals surface area contributed by atoms with Crippen LogP contribution in [0.15, 0.2) is 45.7 Å². The van der Waals surface area contributed by atoms with Crippen LogP contribution in [-0.2, 0) is 4.79 Å². The van der Waals surface area contributed by atoms with Crippen LogP contribution in [0.2, 0.25) is 0 Å². The average Bonchev–Trinajstić information content (AvgIpc) is 3.13. The summed E-state index contributed by atoms with van der Waals surface area (Å²) in [6, 6.07) is 9.67. The van der Waals surface area contributed by atoms with Gasteiger partial charge in [0.2, 0.25) is 0 Å². The third-order valence-electron chi connectivity index (χ3n) is 3.46. The molecule has 1 fully saturated rings. The van der Waals surface area contributed by atoms with Gasteiger partial charge in [0.25, 0.3) is 11.6 Å². The van der Waals surface area contributed by atoms with E-state index in [0.717, 1.165) is 0 Å². The van der Waals surface area contributed by atoms with Gasteiger partial charge in [-0.25, -0.2) is 0 Å². The Morgan fingerprint density at radius 3 is 2.75 bits per heavy atom. The molecule has 0 bridgehead atoms. The number of nitro benzene ring substituents is 1. The van der Waals surface area contributed by atoms with Crippen molar-refractivity contribution < 1.29 is 14.1 Å². The van der Waals surface area contributed by atoms with Gasteiger partial charge in [0.05, 0.1) is 15.4 Å². The minimum atomic E-state index is -0.454. The van der Waals surface area contributed by atoms with Gasteiger partial charge >= 0.3 is 0 Å². The zero-order chi connectivity index (χ0) is 17.3. The van der Waals surface area contributed by atoms with Crippen LogP contribution in [0.3, 0.4) is 0 Å². The molecule has 0 atom stereocenters. The lowest BCUT2D eigenvalue weighted by Gasteiger charge is -2.09. The van der Waals surface area contributed by atoms with Crippen LogP contribution >= 0.6 is 24.0 Å². The molecule has 0 N–H and O–H groups in total. The summed E-state index contributed by atoms with van der Waals surface area (Å²) in [5.41, 5.74) is 0.360. The summed E-state index contributed by atoms with van der Waals surface area (Å²) in [4.78, 5) is 24.8. The summed E-state index contributed by atoms with van der Waals surface area (Å²) in [6.45, 7) is 2.37. The Hall–Kier alpha value is -2.45. The number of carbonyl (C=O) groups excluding carboxylic acids is 1. The van der Waals surface area contributed by atoms with E-state index in [0.29, 0.717) is 32.9 Å². The van der Waals surface area contributed by atoms with E-state index in [1.165, 1.54) is 22.7 Å². The van der Waals surface area contributed by atoms with E-state index < -0.39 is 4.92 Å². The quantitative estimate of drug-likeness (QED) is 0.354. The number of nitro groups is 1. The Morgan fingerprint density at radius 2 is 2.08 bits per heavy atom. The number of furan rings is 1. The molecule has 1 aliphatic rings. The fourth-order valence-electron chi connectivity index (χ4n) is 2.32. The van der Waals surface area contributed by atoms with Crippen molar-refractivity contribution in [1.82, 2.24) is 4.90 Å². The number of thioether (sulfide) groups is 1. The molecule has 0 unspecified atom stereocenters. The number of carbonyl (C=O) groups is 1. The van der Waals surface area contributed by atoms with E-state index in [-0.39, 0.29) is 11.6 Å². The molecule has 1 aromatic heterocycles. The highest BCUT2D eigenvalue weighted by atomic mass is 32.2. The number of rotatable bonds is 4. The van der Waals surface area contributed by atoms with Gasteiger partial charge in [0.1, 0.15) is 15.8 Å². The maximum Gasteiger partial charge on any atom is 0.280 e. The van der Waals surface area contributed by atoms with Gasteiger partial charge in [-0.2, -0.15) is 0 Å². The summed E-state index contributed by atoms with van der Waals surface area (Å²) in [7, 11) is 0. The number of para-hydroxylation sites is 1. The van der Waals surface area contributed by atoms with Crippen LogP contribution in [0.4, 0.5) is 5.69 Å². The molecule has 1 aliphatic heterocycles. The normalized spacial score (nSPS) is 16.2. The largest absolute Gasteiger partial charge is 0.456 e. The van der Waals surface area contributed by atoms with Crippen molar-refractivity contribution in [3.8, 4) is 11.3 Å². The monoisotopic (exact) mass is 360 g/mol. The molecule has 1 aromatic carbocycles. The summed E-state index contributed by atoms with van der Waals surface area (Å²) in [6.07, 6.45) is 1.60. The molecule has 0 radical (unpaired) electrons. The van der Waals surface area contributed by atoms with Crippen molar-refractivity contribution in [1.29, 1.82) is 0 Å². The summed E-state index contributed by atoms with van der Waals surface area (Å²) in [5, 5.41) is 11.1. The summed E-state index contributed by atoms with van der Waals surface area (Å²) >= 11 is 6.37. The second kappa shape index (κ2) is 6.58. The number of nitrogens with zero attached hydrogens (tertiary/aromatic N) is 2. The SMILES string of the molecule is CCN1C(=O)/C(=C/c2ccc(-c3ccccc3[N+](=O)[O-])o2)SC1=S. The van der Waals surface area contributed by atoms with E-state index in [1.54, 1.807) is 36.4 Å². The summed E-state index contributed by atoms with van der Waals surface area (Å²) < 4.78 is 6.18. The Kier molecular flexibility index (Phi) is 4.50. The first-order valence-electron chi connectivity index (χ1n) is 7.10. The first-order valence-corrected chi connectivity index (χ1v) is 8.32. The van der Waals surface area contributed by atoms with Crippen molar-refractivity contribution in [3.63, 3.8) is 0 Å². The van der Waals surface area contributed by atoms with E-state index in [2.05, 4.69) is 0 Å². The lowest BCUT2D eigenvalue weighted by atomic mass is 10.1. The molecule has 2 aromatic rings. The summed E-state index contributed by atoms with van der Waals surface area (Å²) in [5.74, 6) is 0.662. The third-order valence-corrected chi connectivity index (χ3v) is 4.83. The van der Waals surface area contributed by atoms with E-state index in [4.69, 9.17) is 16.6 Å². The zero-order valence-electron chi connectivity index (χ0n) is 12.6. The predicted octanol–water partition coefficient (Wildman–Crippen LogP) is 4.08. The smallest absolute Gasteiger partial charge is 0.280 e. The van der Waals surface area contributed by atoms with Crippen molar-refractivity contribution in [2.45, 2.75) is 6.92 Å². The number of benzene rings is 1. The van der Waals surface area contributed by atoms with Crippen LogP contribution in [0.1, 0.15) is 12.7 Å². The van der Waals surface area contributed by atoms with Crippen molar-refractivity contribution in [3.05, 3.63) is 57.2 Å². The van der Waals surface area contributed by atoms with Gasteiger partial charge < -0.3 is 4.42 Å². The lowest BCUT2D eigenvalue weighted by molar-refractivity contribution is -0.384. The highest BCUT2D eigenvalue weighted by Crippen LogP contribution is 2.35. The lowest BCUT2D eigenvalue weighted by Crippen LogP contribution is -2.27. The molecule has 0 spiro atoms. The fourth-order valence-corrected chi connectivity index (χ4v) is 3.68. The minimum Gasteiger partial charge on any atom is -0.456 e. The molecule has 6 nitrogen and oxygen atoms in total. The fraction of sp³-hybridized carbons (Fsp3) is 0.125. The molecule has 24 heavy (non-hydrogen) atoms. The Balaban J connectivity index is 1.93. The van der Waals surface area contributed by atoms with Gasteiger partial charge in [-0.05, 0) is 25.1 Å². The van der Waals surface area contributed by atoms with Gasteiger partial charge in [-0.15, -0.1) is 0 Å². The minimum absolute atomic E-state index is 0.0318. The molecule has 122 valence electrons. The number of likely N-dealkylation sites (N-methyl/N-ethyl adjacent to an activating group) is 1. The molecule has 0 aliphatic carbocycles. The Morgan fingerprint density at radius 1 is 1.33 bits per heavy atom. The number of hydrogen-bond acceptors (Lipinski definition) is 6. The Labute approximate surface area is 147 Å². The number of thiocarbonyl (C=S) groups is 1. The van der Waals surface area contributed by atoms with Gasteiger partial charge in [-0.3, -0.25) is 19.8 Å². The average molecular weight is 360 g/mol. The van der Waals surface area contributed by atoms with Crippen LogP contribution in [-0.4, -0.2) is 26.6 Å². The topological polar surface area (TPSA) is 76.6 Å². The maximum absolute atomic E-state index is 12.2. The molecular formula is C16H12N2O4S2. The van der Waals surface area contributed by atoms with Gasteiger partial charge in [-0.1, -0.05) is 36.1 Å². The molecule has 3 rings (SSSR count). The van der Waals surface area contributed by atoms with Gasteiger partial charge in [0.15, 0.2) is 0 Å². The first kappa shape index (κ1) is 16.4. The Bertz CT molecular complexity index is 872. The highest BCUT2D eigenvalue weighted by molar-refractivity contribution is 8.26. The molecular weight excluding hydrogens is 348 g/mol. The van der Waals surface area contributed by atoms with Crippen LogP contribution in [0.5, 0.6) is 0 Å². The molecule has 1 amide bonds. The molecule has 1 saturated heterocycles. The van der Waals surface area contributed by atoms with Crippen molar-refractivity contribution >= 4 is 46.0 Å². The molecule has 8 heteroatoms. The standard InChI is InChI=1S/C16H12N2O4S2/c1-2-17-15(19)14(24-16(17)23)9-10-7-8-13(22-10)11-5-3-4-6-12(11)18(20)21/h3-9H,2H2,1H3/b14-9-. The van der Waals surface area contributed by atoms with Crippen LogP contribution in [0, 0.1) is 10.1 Å². The predicted molar refractivity (Wildman–Crippen MR) is 96.4 cm³/mol. The third kappa shape index (κ3) is 2.98. The zero-order valence-corrected chi connectivity index (χ0v) is 14.2. The number of hydrogen-bond donors (Lipinski definition) is 0. The second-order valence-electron chi connectivity index (χ2n) is 4.90. The van der Waals surface area contributed by atoms with Crippen LogP contribution in [0.25, 0.3) is 17.4 Å². The first-order chi connectivity index (χ1) is 11.5. The van der Waals surface area contributed by atoms with Gasteiger partial charge in [0, 0.05) is 18.7 Å². The van der Waals surface area contributed by atoms with Crippen molar-refractivity contribution in [2.75, 3.05) is 6.54 Å². The van der Waals surface area contributed by atoms with Crippen molar-refractivity contribution in [2.24, 2.45) is 0 Å². The number of amides is 1.